The van der Waals surface area contributed by atoms with E-state index in [2.05, 4.69) is 0 Å². The largest absolute Gasteiger partial charge is 0.490 e. The van der Waals surface area contributed by atoms with Gasteiger partial charge in [-0.15, -0.1) is 0 Å². The van der Waals surface area contributed by atoms with E-state index in [9.17, 15) is 4.79 Å². The Morgan fingerprint density at radius 1 is 1.27 bits per heavy atom. The number of aliphatic carboxylic acids is 1. The topological polar surface area (TPSA) is 79.5 Å². The van der Waals surface area contributed by atoms with Gasteiger partial charge in [0.25, 0.3) is 0 Å². The monoisotopic (exact) mass is 371 g/mol. The molecule has 2 aromatic carbocycles. The number of ether oxygens (including phenoxy) is 2. The van der Waals surface area contributed by atoms with Gasteiger partial charge in [0.2, 0.25) is 0 Å². The Morgan fingerprint density at radius 2 is 1.96 bits per heavy atom. The first-order valence-electron chi connectivity index (χ1n) is 7.94. The number of hydrogen-bond acceptors (Lipinski definition) is 4. The van der Waals surface area contributed by atoms with Crippen LogP contribution < -0.4 is 9.47 Å². The number of carboxylic acids is 1. The van der Waals surface area contributed by atoms with Gasteiger partial charge < -0.3 is 14.6 Å². The number of aryl methyl sites for hydroxylation is 1. The number of carboxylic acid groups (broad SMARTS) is 1. The van der Waals surface area contributed by atoms with E-state index < -0.39 is 11.5 Å². The van der Waals surface area contributed by atoms with Crippen molar-refractivity contribution in [3.05, 3.63) is 63.7 Å². The molecule has 0 bridgehead atoms. The number of halogens is 1. The van der Waals surface area contributed by atoms with Gasteiger partial charge in [0.05, 0.1) is 11.6 Å². The molecule has 6 heteroatoms. The number of nitrogens with zero attached hydrogens (tertiary/aromatic N) is 1. The molecule has 2 rings (SSSR count). The van der Waals surface area contributed by atoms with E-state index in [-0.39, 0.29) is 5.02 Å². The number of hydrogen-bond donors (Lipinski definition) is 1. The molecule has 134 valence electrons. The fourth-order valence-electron chi connectivity index (χ4n) is 2.22. The maximum absolute atomic E-state index is 11.0. The van der Waals surface area contributed by atoms with Crippen LogP contribution in [0.25, 0.3) is 6.08 Å². The molecule has 0 unspecified atom stereocenters. The van der Waals surface area contributed by atoms with Crippen molar-refractivity contribution in [1.82, 2.24) is 0 Å². The molecule has 0 amide bonds. The van der Waals surface area contributed by atoms with E-state index in [1.807, 2.05) is 38.1 Å². The lowest BCUT2D eigenvalue weighted by Crippen LogP contribution is -2.01. The number of rotatable bonds is 7. The maximum atomic E-state index is 11.0. The Kier molecular flexibility index (Phi) is 6.65. The van der Waals surface area contributed by atoms with Gasteiger partial charge in [0.1, 0.15) is 18.2 Å². The molecular weight excluding hydrogens is 354 g/mol. The van der Waals surface area contributed by atoms with Gasteiger partial charge in [0.15, 0.2) is 11.5 Å². The molecule has 0 saturated carbocycles. The van der Waals surface area contributed by atoms with E-state index in [0.717, 1.165) is 11.1 Å². The summed E-state index contributed by atoms with van der Waals surface area (Å²) in [4.78, 5) is 11.0. The standard InChI is InChI=1S/C20H18ClNO4/c1-3-25-18-10-15(8-16(11-22)20(23)24)9-17(21)19(18)26-12-14-6-4-13(2)5-7-14/h4-10H,3,12H2,1-2H3,(H,23,24). The van der Waals surface area contributed by atoms with Crippen LogP contribution in [0.3, 0.4) is 0 Å². The molecule has 0 fully saturated rings. The summed E-state index contributed by atoms with van der Waals surface area (Å²) in [6.45, 7) is 4.52. The summed E-state index contributed by atoms with van der Waals surface area (Å²) in [7, 11) is 0. The van der Waals surface area contributed by atoms with Gasteiger partial charge in [-0.2, -0.15) is 5.26 Å². The van der Waals surface area contributed by atoms with Gasteiger partial charge in [-0.1, -0.05) is 41.4 Å². The minimum absolute atomic E-state index is 0.275. The maximum Gasteiger partial charge on any atom is 0.346 e. The van der Waals surface area contributed by atoms with Crippen molar-refractivity contribution in [3.8, 4) is 17.6 Å². The first kappa shape index (κ1) is 19.4. The molecule has 26 heavy (non-hydrogen) atoms. The minimum atomic E-state index is -1.30. The zero-order valence-electron chi connectivity index (χ0n) is 14.5. The summed E-state index contributed by atoms with van der Waals surface area (Å²) < 4.78 is 11.4. The van der Waals surface area contributed by atoms with Crippen LogP contribution in [-0.4, -0.2) is 17.7 Å². The SMILES string of the molecule is CCOc1cc(C=C(C#N)C(=O)O)cc(Cl)c1OCc1ccc(C)cc1. The highest BCUT2D eigenvalue weighted by Crippen LogP contribution is 2.37. The van der Waals surface area contributed by atoms with E-state index in [1.54, 1.807) is 12.1 Å². The Labute approximate surface area is 157 Å². The second kappa shape index (κ2) is 8.93. The van der Waals surface area contributed by atoms with Crippen molar-refractivity contribution < 1.29 is 19.4 Å². The fourth-order valence-corrected chi connectivity index (χ4v) is 2.50. The third-order valence-electron chi connectivity index (χ3n) is 3.50. The summed E-state index contributed by atoms with van der Waals surface area (Å²) in [6.07, 6.45) is 1.24. The van der Waals surface area contributed by atoms with Gasteiger partial charge in [-0.05, 0) is 43.2 Å². The Balaban J connectivity index is 2.32. The number of nitriles is 1. The summed E-state index contributed by atoms with van der Waals surface area (Å²) in [5.41, 5.74) is 2.19. The number of carbonyl (C=O) groups is 1. The van der Waals surface area contributed by atoms with Crippen LogP contribution >= 0.6 is 11.6 Å². The Hall–Kier alpha value is -2.97. The van der Waals surface area contributed by atoms with Gasteiger partial charge in [0, 0.05) is 0 Å². The second-order valence-corrected chi connectivity index (χ2v) is 5.92. The summed E-state index contributed by atoms with van der Waals surface area (Å²) >= 11 is 6.30. The van der Waals surface area contributed by atoms with E-state index >= 15 is 0 Å². The highest BCUT2D eigenvalue weighted by atomic mass is 35.5. The lowest BCUT2D eigenvalue weighted by atomic mass is 10.1. The molecule has 2 aromatic rings. The van der Waals surface area contributed by atoms with Gasteiger partial charge >= 0.3 is 5.97 Å². The summed E-state index contributed by atoms with van der Waals surface area (Å²) in [6, 6.07) is 12.7. The molecule has 0 spiro atoms. The summed E-state index contributed by atoms with van der Waals surface area (Å²) in [5.74, 6) is -0.539. The van der Waals surface area contributed by atoms with Crippen LogP contribution in [0.1, 0.15) is 23.6 Å². The molecule has 0 radical (unpaired) electrons. The Morgan fingerprint density at radius 3 is 2.54 bits per heavy atom. The van der Waals surface area contributed by atoms with Crippen molar-refractivity contribution >= 4 is 23.6 Å². The normalized spacial score (nSPS) is 10.9. The fraction of sp³-hybridized carbons (Fsp3) is 0.200. The highest BCUT2D eigenvalue weighted by Gasteiger charge is 2.14. The molecule has 0 heterocycles. The van der Waals surface area contributed by atoms with Gasteiger partial charge in [-0.3, -0.25) is 0 Å². The molecule has 1 N–H and O–H groups in total. The van der Waals surface area contributed by atoms with Crippen LogP contribution in [0.4, 0.5) is 0 Å². The molecule has 0 aliphatic carbocycles. The van der Waals surface area contributed by atoms with Crippen LogP contribution in [0.5, 0.6) is 11.5 Å². The quantitative estimate of drug-likeness (QED) is 0.567. The molecule has 0 aliphatic heterocycles. The first-order chi connectivity index (χ1) is 12.4. The smallest absolute Gasteiger partial charge is 0.346 e. The van der Waals surface area contributed by atoms with Crippen molar-refractivity contribution in [3.63, 3.8) is 0 Å². The van der Waals surface area contributed by atoms with E-state index in [0.29, 0.717) is 30.3 Å². The van der Waals surface area contributed by atoms with E-state index in [4.69, 9.17) is 31.4 Å². The van der Waals surface area contributed by atoms with Gasteiger partial charge in [-0.25, -0.2) is 4.79 Å². The lowest BCUT2D eigenvalue weighted by molar-refractivity contribution is -0.132. The third-order valence-corrected chi connectivity index (χ3v) is 3.78. The van der Waals surface area contributed by atoms with Crippen LogP contribution in [-0.2, 0) is 11.4 Å². The molecule has 0 aromatic heterocycles. The average molecular weight is 372 g/mol. The zero-order chi connectivity index (χ0) is 19.1. The van der Waals surface area contributed by atoms with Crippen LogP contribution in [0.15, 0.2) is 42.0 Å². The molecule has 0 saturated heterocycles. The molecule has 0 aliphatic rings. The third kappa shape index (κ3) is 5.01. The highest BCUT2D eigenvalue weighted by molar-refractivity contribution is 6.32. The molecule has 5 nitrogen and oxygen atoms in total. The molecule has 0 atom stereocenters. The van der Waals surface area contributed by atoms with Crippen LogP contribution in [0.2, 0.25) is 5.02 Å². The minimum Gasteiger partial charge on any atom is -0.490 e. The van der Waals surface area contributed by atoms with Crippen molar-refractivity contribution in [2.24, 2.45) is 0 Å². The predicted octanol–water partition coefficient (Wildman–Crippen LogP) is 4.62. The summed E-state index contributed by atoms with van der Waals surface area (Å²) in [5, 5.41) is 18.2. The van der Waals surface area contributed by atoms with Crippen molar-refractivity contribution in [2.45, 2.75) is 20.5 Å². The first-order valence-corrected chi connectivity index (χ1v) is 8.32. The van der Waals surface area contributed by atoms with Crippen molar-refractivity contribution in [2.75, 3.05) is 6.61 Å². The lowest BCUT2D eigenvalue weighted by Gasteiger charge is -2.14. The second-order valence-electron chi connectivity index (χ2n) is 5.51. The zero-order valence-corrected chi connectivity index (χ0v) is 15.2. The number of benzene rings is 2. The van der Waals surface area contributed by atoms with E-state index in [1.165, 1.54) is 12.1 Å². The van der Waals surface area contributed by atoms with Crippen LogP contribution in [0, 0.1) is 18.3 Å². The predicted molar refractivity (Wildman–Crippen MR) is 99.4 cm³/mol. The molecular formula is C20H18ClNO4. The van der Waals surface area contributed by atoms with Crippen molar-refractivity contribution in [1.29, 1.82) is 5.26 Å². The Bertz CT molecular complexity index is 867. The average Bonchev–Trinajstić information content (AvgIpc) is 2.60.